The molecule has 0 unspecified atom stereocenters. The van der Waals surface area contributed by atoms with Crippen molar-refractivity contribution in [3.05, 3.63) is 54.5 Å². The van der Waals surface area contributed by atoms with Gasteiger partial charge in [-0.25, -0.2) is 9.78 Å². The van der Waals surface area contributed by atoms with E-state index in [1.54, 1.807) is 18.6 Å². The van der Waals surface area contributed by atoms with E-state index in [1.807, 2.05) is 51.1 Å². The van der Waals surface area contributed by atoms with Crippen LogP contribution in [0.15, 0.2) is 53.3 Å². The SMILES string of the molecule is Cc1ccc(NC(=O)OCC(C)C)cc1Nc1ncc(-c2ccncc2)o1. The van der Waals surface area contributed by atoms with Crippen LogP contribution in [0.4, 0.5) is 22.2 Å². The predicted molar refractivity (Wildman–Crippen MR) is 104 cm³/mol. The second-order valence-corrected chi connectivity index (χ2v) is 6.54. The number of ether oxygens (including phenoxy) is 1. The molecule has 0 aliphatic rings. The number of carbonyl (C=O) groups is 1. The van der Waals surface area contributed by atoms with Crippen LogP contribution in [0.25, 0.3) is 11.3 Å². The van der Waals surface area contributed by atoms with Gasteiger partial charge in [-0.15, -0.1) is 0 Å². The lowest BCUT2D eigenvalue weighted by atomic mass is 10.2. The fraction of sp³-hybridized carbons (Fsp3) is 0.250. The van der Waals surface area contributed by atoms with Crippen LogP contribution < -0.4 is 10.6 Å². The zero-order valence-electron chi connectivity index (χ0n) is 15.5. The molecule has 7 heteroatoms. The number of nitrogens with zero attached hydrogens (tertiary/aromatic N) is 2. The maximum absolute atomic E-state index is 11.8. The summed E-state index contributed by atoms with van der Waals surface area (Å²) in [7, 11) is 0. The number of pyridine rings is 1. The third-order valence-corrected chi connectivity index (χ3v) is 3.74. The van der Waals surface area contributed by atoms with E-state index in [-0.39, 0.29) is 5.92 Å². The number of carbonyl (C=O) groups excluding carboxylic acids is 1. The van der Waals surface area contributed by atoms with Crippen molar-refractivity contribution in [3.8, 4) is 11.3 Å². The minimum Gasteiger partial charge on any atom is -0.449 e. The first-order valence-electron chi connectivity index (χ1n) is 8.69. The first-order chi connectivity index (χ1) is 13.0. The molecule has 7 nitrogen and oxygen atoms in total. The molecule has 0 aliphatic carbocycles. The van der Waals surface area contributed by atoms with Crippen LogP contribution in [0.5, 0.6) is 0 Å². The van der Waals surface area contributed by atoms with E-state index in [9.17, 15) is 4.79 Å². The Morgan fingerprint density at radius 2 is 2.00 bits per heavy atom. The molecule has 0 atom stereocenters. The van der Waals surface area contributed by atoms with E-state index in [1.165, 1.54) is 0 Å². The molecule has 3 rings (SSSR count). The maximum Gasteiger partial charge on any atom is 0.411 e. The van der Waals surface area contributed by atoms with Gasteiger partial charge in [0.25, 0.3) is 6.01 Å². The molecule has 1 amide bonds. The predicted octanol–water partition coefficient (Wildman–Crippen LogP) is 4.99. The Kier molecular flexibility index (Phi) is 5.71. The molecule has 0 aliphatic heterocycles. The Balaban J connectivity index is 1.70. The van der Waals surface area contributed by atoms with Crippen molar-refractivity contribution in [2.75, 3.05) is 17.2 Å². The van der Waals surface area contributed by atoms with Crippen LogP contribution in [-0.2, 0) is 4.74 Å². The number of aryl methyl sites for hydroxylation is 1. The van der Waals surface area contributed by atoms with Gasteiger partial charge in [0.2, 0.25) is 0 Å². The molecule has 0 bridgehead atoms. The van der Waals surface area contributed by atoms with Crippen molar-refractivity contribution in [3.63, 3.8) is 0 Å². The van der Waals surface area contributed by atoms with Crippen molar-refractivity contribution >= 4 is 23.5 Å². The van der Waals surface area contributed by atoms with Gasteiger partial charge in [-0.1, -0.05) is 19.9 Å². The maximum atomic E-state index is 11.8. The summed E-state index contributed by atoms with van der Waals surface area (Å²) >= 11 is 0. The quantitative estimate of drug-likeness (QED) is 0.638. The van der Waals surface area contributed by atoms with Gasteiger partial charge >= 0.3 is 6.09 Å². The summed E-state index contributed by atoms with van der Waals surface area (Å²) in [4.78, 5) is 20.1. The largest absolute Gasteiger partial charge is 0.449 e. The molecular weight excluding hydrogens is 344 g/mol. The molecule has 0 radical (unpaired) electrons. The highest BCUT2D eigenvalue weighted by Gasteiger charge is 2.10. The van der Waals surface area contributed by atoms with Crippen LogP contribution in [-0.4, -0.2) is 22.7 Å². The standard InChI is InChI=1S/C20H22N4O3/c1-13(2)12-26-20(25)23-16-5-4-14(3)17(10-16)24-19-22-11-18(27-19)15-6-8-21-9-7-15/h4-11,13H,12H2,1-3H3,(H,22,24)(H,23,25). The summed E-state index contributed by atoms with van der Waals surface area (Å²) in [6.45, 7) is 6.29. The lowest BCUT2D eigenvalue weighted by Gasteiger charge is -2.11. The normalized spacial score (nSPS) is 10.7. The fourth-order valence-corrected chi connectivity index (χ4v) is 2.33. The lowest BCUT2D eigenvalue weighted by molar-refractivity contribution is 0.147. The van der Waals surface area contributed by atoms with Gasteiger partial charge in [0.05, 0.1) is 12.8 Å². The van der Waals surface area contributed by atoms with E-state index in [0.717, 1.165) is 16.8 Å². The van der Waals surface area contributed by atoms with E-state index in [4.69, 9.17) is 9.15 Å². The van der Waals surface area contributed by atoms with Gasteiger partial charge in [-0.3, -0.25) is 10.3 Å². The van der Waals surface area contributed by atoms with Gasteiger partial charge in [0.1, 0.15) is 0 Å². The van der Waals surface area contributed by atoms with Crippen LogP contribution in [0, 0.1) is 12.8 Å². The molecule has 140 valence electrons. The number of amides is 1. The number of benzene rings is 1. The van der Waals surface area contributed by atoms with Crippen molar-refractivity contribution in [2.24, 2.45) is 5.92 Å². The number of hydrogen-bond acceptors (Lipinski definition) is 6. The molecule has 0 saturated heterocycles. The average Bonchev–Trinajstić information content (AvgIpc) is 3.12. The molecule has 2 N–H and O–H groups in total. The number of anilines is 3. The Morgan fingerprint density at radius 3 is 2.74 bits per heavy atom. The van der Waals surface area contributed by atoms with E-state index >= 15 is 0 Å². The molecular formula is C20H22N4O3. The molecule has 2 heterocycles. The topological polar surface area (TPSA) is 89.3 Å². The van der Waals surface area contributed by atoms with E-state index in [0.29, 0.717) is 24.1 Å². The summed E-state index contributed by atoms with van der Waals surface area (Å²) in [5.74, 6) is 0.926. The lowest BCUT2D eigenvalue weighted by Crippen LogP contribution is -2.16. The van der Waals surface area contributed by atoms with Crippen molar-refractivity contribution in [2.45, 2.75) is 20.8 Å². The van der Waals surface area contributed by atoms with E-state index in [2.05, 4.69) is 20.6 Å². The zero-order chi connectivity index (χ0) is 19.2. The van der Waals surface area contributed by atoms with Gasteiger partial charge in [-0.2, -0.15) is 0 Å². The number of nitrogens with one attached hydrogen (secondary N) is 2. The Labute approximate surface area is 157 Å². The fourth-order valence-electron chi connectivity index (χ4n) is 2.33. The monoisotopic (exact) mass is 366 g/mol. The Morgan fingerprint density at radius 1 is 1.22 bits per heavy atom. The smallest absolute Gasteiger partial charge is 0.411 e. The molecule has 1 aromatic carbocycles. The van der Waals surface area contributed by atoms with Crippen LogP contribution in [0.3, 0.4) is 0 Å². The molecule has 27 heavy (non-hydrogen) atoms. The first kappa shape index (κ1) is 18.4. The van der Waals surface area contributed by atoms with Crippen molar-refractivity contribution < 1.29 is 13.9 Å². The highest BCUT2D eigenvalue weighted by atomic mass is 16.5. The van der Waals surface area contributed by atoms with Crippen LogP contribution >= 0.6 is 0 Å². The minimum absolute atomic E-state index is 0.283. The van der Waals surface area contributed by atoms with E-state index < -0.39 is 6.09 Å². The second-order valence-electron chi connectivity index (χ2n) is 6.54. The molecule has 0 saturated carbocycles. The summed E-state index contributed by atoms with van der Waals surface area (Å²) in [5, 5.41) is 5.86. The first-order valence-corrected chi connectivity index (χ1v) is 8.69. The Hall–Kier alpha value is -3.35. The third kappa shape index (κ3) is 5.07. The minimum atomic E-state index is -0.477. The van der Waals surface area contributed by atoms with Gasteiger partial charge in [0.15, 0.2) is 5.76 Å². The number of aromatic nitrogens is 2. The van der Waals surface area contributed by atoms with Crippen LogP contribution in [0.1, 0.15) is 19.4 Å². The van der Waals surface area contributed by atoms with Gasteiger partial charge < -0.3 is 14.5 Å². The highest BCUT2D eigenvalue weighted by Crippen LogP contribution is 2.27. The second kappa shape index (κ2) is 8.35. The third-order valence-electron chi connectivity index (χ3n) is 3.74. The van der Waals surface area contributed by atoms with Gasteiger partial charge in [-0.05, 0) is 42.7 Å². The van der Waals surface area contributed by atoms with Gasteiger partial charge in [0, 0.05) is 29.3 Å². The zero-order valence-corrected chi connectivity index (χ0v) is 15.5. The number of hydrogen-bond donors (Lipinski definition) is 2. The summed E-state index contributed by atoms with van der Waals surface area (Å²) in [6, 6.07) is 9.58. The van der Waals surface area contributed by atoms with Crippen molar-refractivity contribution in [1.82, 2.24) is 9.97 Å². The molecule has 3 aromatic rings. The number of rotatable bonds is 6. The van der Waals surface area contributed by atoms with Crippen molar-refractivity contribution in [1.29, 1.82) is 0 Å². The molecule has 2 aromatic heterocycles. The summed E-state index contributed by atoms with van der Waals surface area (Å²) < 4.78 is 10.9. The summed E-state index contributed by atoms with van der Waals surface area (Å²) in [6.07, 6.45) is 4.57. The average molecular weight is 366 g/mol. The summed E-state index contributed by atoms with van der Waals surface area (Å²) in [5.41, 5.74) is 3.28. The molecule has 0 fully saturated rings. The van der Waals surface area contributed by atoms with Crippen LogP contribution in [0.2, 0.25) is 0 Å². The molecule has 0 spiro atoms. The highest BCUT2D eigenvalue weighted by molar-refractivity contribution is 5.85. The Bertz CT molecular complexity index is 907. The number of oxazole rings is 1.